The average molecular weight is 291 g/mol. The monoisotopic (exact) mass is 291 g/mol. The lowest BCUT2D eigenvalue weighted by Gasteiger charge is -2.13. The van der Waals surface area contributed by atoms with Gasteiger partial charge in [0.1, 0.15) is 24.2 Å². The van der Waals surface area contributed by atoms with Gasteiger partial charge in [-0.15, -0.1) is 0 Å². The maximum absolute atomic E-state index is 9.93. The highest BCUT2D eigenvalue weighted by Gasteiger charge is 2.08. The minimum atomic E-state index is -0.605. The van der Waals surface area contributed by atoms with E-state index in [1.807, 2.05) is 44.4 Å². The molecule has 1 aromatic heterocycles. The van der Waals surface area contributed by atoms with Gasteiger partial charge in [-0.1, -0.05) is 0 Å². The highest BCUT2D eigenvalue weighted by atomic mass is 16.5. The molecule has 1 aromatic carbocycles. The molecular formula is C15H21N3O3. The molecule has 0 aliphatic carbocycles. The summed E-state index contributed by atoms with van der Waals surface area (Å²) in [6.07, 6.45) is 1.28. The van der Waals surface area contributed by atoms with Crippen molar-refractivity contribution in [2.75, 3.05) is 25.6 Å². The van der Waals surface area contributed by atoms with E-state index in [1.54, 1.807) is 11.8 Å². The van der Waals surface area contributed by atoms with Crippen LogP contribution in [0.3, 0.4) is 0 Å². The van der Waals surface area contributed by atoms with E-state index in [1.165, 1.54) is 0 Å². The lowest BCUT2D eigenvalue weighted by atomic mass is 10.3. The summed E-state index contributed by atoms with van der Waals surface area (Å²) in [5.41, 5.74) is 1.82. The second-order valence-electron chi connectivity index (χ2n) is 4.82. The molecule has 1 unspecified atom stereocenters. The van der Waals surface area contributed by atoms with Gasteiger partial charge in [0.25, 0.3) is 0 Å². The molecule has 2 rings (SSSR count). The Labute approximate surface area is 124 Å². The van der Waals surface area contributed by atoms with Crippen molar-refractivity contribution in [1.29, 1.82) is 0 Å². The normalized spacial score (nSPS) is 12.0. The molecule has 2 aromatic rings. The van der Waals surface area contributed by atoms with E-state index in [-0.39, 0.29) is 6.61 Å². The van der Waals surface area contributed by atoms with Crippen LogP contribution >= 0.6 is 0 Å². The van der Waals surface area contributed by atoms with E-state index < -0.39 is 6.10 Å². The molecule has 6 heteroatoms. The van der Waals surface area contributed by atoms with Crippen molar-refractivity contribution in [2.45, 2.75) is 13.0 Å². The van der Waals surface area contributed by atoms with Crippen molar-refractivity contribution in [3.05, 3.63) is 36.2 Å². The lowest BCUT2D eigenvalue weighted by Crippen LogP contribution is -2.26. The topological polar surface area (TPSA) is 68.5 Å². The third-order valence-corrected chi connectivity index (χ3v) is 3.04. The van der Waals surface area contributed by atoms with Gasteiger partial charge in [0.15, 0.2) is 0 Å². The molecule has 0 amide bonds. The first-order valence-electron chi connectivity index (χ1n) is 6.77. The van der Waals surface area contributed by atoms with Crippen molar-refractivity contribution >= 4 is 5.69 Å². The standard InChI is InChI=1S/C15H21N3O3/c1-11-15(9-18(2)17-11)16-8-12(19)10-21-14-6-4-13(20-3)5-7-14/h4-7,9,12,16,19H,8,10H2,1-3H3. The van der Waals surface area contributed by atoms with Crippen LogP contribution in [0.4, 0.5) is 5.69 Å². The van der Waals surface area contributed by atoms with E-state index in [0.29, 0.717) is 12.3 Å². The van der Waals surface area contributed by atoms with Gasteiger partial charge in [-0.2, -0.15) is 5.10 Å². The fourth-order valence-corrected chi connectivity index (χ4v) is 1.92. The van der Waals surface area contributed by atoms with Gasteiger partial charge in [-0.05, 0) is 31.2 Å². The number of aryl methyl sites for hydroxylation is 2. The maximum atomic E-state index is 9.93. The summed E-state index contributed by atoms with van der Waals surface area (Å²) in [5, 5.41) is 17.3. The van der Waals surface area contributed by atoms with Crippen molar-refractivity contribution < 1.29 is 14.6 Å². The minimum absolute atomic E-state index is 0.221. The van der Waals surface area contributed by atoms with Crippen LogP contribution in [0.15, 0.2) is 30.5 Å². The Morgan fingerprint density at radius 3 is 2.52 bits per heavy atom. The fraction of sp³-hybridized carbons (Fsp3) is 0.400. The summed E-state index contributed by atoms with van der Waals surface area (Å²) in [5.74, 6) is 1.48. The number of benzene rings is 1. The molecular weight excluding hydrogens is 270 g/mol. The fourth-order valence-electron chi connectivity index (χ4n) is 1.92. The van der Waals surface area contributed by atoms with E-state index in [0.717, 1.165) is 17.1 Å². The number of nitrogens with one attached hydrogen (secondary N) is 1. The molecule has 114 valence electrons. The molecule has 0 saturated heterocycles. The van der Waals surface area contributed by atoms with Gasteiger partial charge in [0.05, 0.1) is 18.5 Å². The maximum Gasteiger partial charge on any atom is 0.119 e. The van der Waals surface area contributed by atoms with Crippen LogP contribution in [0.1, 0.15) is 5.69 Å². The average Bonchev–Trinajstić information content (AvgIpc) is 2.81. The first-order chi connectivity index (χ1) is 10.1. The van der Waals surface area contributed by atoms with Crippen LogP contribution in [-0.2, 0) is 7.05 Å². The summed E-state index contributed by atoms with van der Waals surface area (Å²) in [6.45, 7) is 2.55. The van der Waals surface area contributed by atoms with Crippen LogP contribution in [0.5, 0.6) is 11.5 Å². The van der Waals surface area contributed by atoms with Gasteiger partial charge < -0.3 is 19.9 Å². The molecule has 0 aliphatic heterocycles. The van der Waals surface area contributed by atoms with Crippen molar-refractivity contribution in [1.82, 2.24) is 9.78 Å². The first-order valence-corrected chi connectivity index (χ1v) is 6.77. The number of ether oxygens (including phenoxy) is 2. The number of hydrogen-bond acceptors (Lipinski definition) is 5. The minimum Gasteiger partial charge on any atom is -0.497 e. The van der Waals surface area contributed by atoms with Crippen molar-refractivity contribution in [3.63, 3.8) is 0 Å². The molecule has 0 fully saturated rings. The first kappa shape index (κ1) is 15.2. The molecule has 2 N–H and O–H groups in total. The zero-order valence-electron chi connectivity index (χ0n) is 12.5. The van der Waals surface area contributed by atoms with E-state index in [9.17, 15) is 5.11 Å². The summed E-state index contributed by atoms with van der Waals surface area (Å²) in [4.78, 5) is 0. The zero-order valence-corrected chi connectivity index (χ0v) is 12.5. The number of aliphatic hydroxyl groups excluding tert-OH is 1. The molecule has 0 radical (unpaired) electrons. The van der Waals surface area contributed by atoms with Gasteiger partial charge >= 0.3 is 0 Å². The zero-order chi connectivity index (χ0) is 15.2. The third-order valence-electron chi connectivity index (χ3n) is 3.04. The Morgan fingerprint density at radius 1 is 1.29 bits per heavy atom. The number of rotatable bonds is 7. The summed E-state index contributed by atoms with van der Waals surface area (Å²) < 4.78 is 12.3. The molecule has 0 aliphatic rings. The molecule has 0 spiro atoms. The number of anilines is 1. The number of nitrogens with zero attached hydrogens (tertiary/aromatic N) is 2. The van der Waals surface area contributed by atoms with E-state index >= 15 is 0 Å². The van der Waals surface area contributed by atoms with Crippen LogP contribution < -0.4 is 14.8 Å². The quantitative estimate of drug-likeness (QED) is 0.811. The van der Waals surface area contributed by atoms with Crippen LogP contribution in [0.2, 0.25) is 0 Å². The summed E-state index contributed by atoms with van der Waals surface area (Å²) >= 11 is 0. The Hall–Kier alpha value is -2.21. The SMILES string of the molecule is COc1ccc(OCC(O)CNc2cn(C)nc2C)cc1. The third kappa shape index (κ3) is 4.39. The Morgan fingerprint density at radius 2 is 1.95 bits per heavy atom. The Bertz CT molecular complexity index is 566. The van der Waals surface area contributed by atoms with Crippen molar-refractivity contribution in [3.8, 4) is 11.5 Å². The summed E-state index contributed by atoms with van der Waals surface area (Å²) in [7, 11) is 3.48. The predicted octanol–water partition coefficient (Wildman–Crippen LogP) is 1.59. The van der Waals surface area contributed by atoms with Crippen LogP contribution in [0.25, 0.3) is 0 Å². The van der Waals surface area contributed by atoms with Crippen molar-refractivity contribution in [2.24, 2.45) is 7.05 Å². The molecule has 1 atom stereocenters. The largest absolute Gasteiger partial charge is 0.497 e. The number of hydrogen-bond donors (Lipinski definition) is 2. The molecule has 6 nitrogen and oxygen atoms in total. The van der Waals surface area contributed by atoms with E-state index in [2.05, 4.69) is 10.4 Å². The second-order valence-corrected chi connectivity index (χ2v) is 4.82. The Kier molecular flexibility index (Phi) is 5.05. The van der Waals surface area contributed by atoms with Crippen LogP contribution in [-0.4, -0.2) is 41.3 Å². The summed E-state index contributed by atoms with van der Waals surface area (Å²) in [6, 6.07) is 7.26. The predicted molar refractivity (Wildman–Crippen MR) is 80.9 cm³/mol. The highest BCUT2D eigenvalue weighted by molar-refractivity contribution is 5.45. The second kappa shape index (κ2) is 6.99. The smallest absolute Gasteiger partial charge is 0.119 e. The van der Waals surface area contributed by atoms with Gasteiger partial charge in [-0.25, -0.2) is 0 Å². The highest BCUT2D eigenvalue weighted by Crippen LogP contribution is 2.17. The molecule has 0 bridgehead atoms. The molecule has 21 heavy (non-hydrogen) atoms. The van der Waals surface area contributed by atoms with E-state index in [4.69, 9.17) is 9.47 Å². The van der Waals surface area contributed by atoms with Crippen LogP contribution in [0, 0.1) is 6.92 Å². The Balaban J connectivity index is 1.76. The number of methoxy groups -OCH3 is 1. The lowest BCUT2D eigenvalue weighted by molar-refractivity contribution is 0.117. The number of aliphatic hydroxyl groups is 1. The molecule has 1 heterocycles. The molecule has 0 saturated carbocycles. The van der Waals surface area contributed by atoms with Gasteiger partial charge in [0, 0.05) is 19.8 Å². The van der Waals surface area contributed by atoms with Gasteiger partial charge in [0.2, 0.25) is 0 Å². The van der Waals surface area contributed by atoms with Gasteiger partial charge in [-0.3, -0.25) is 4.68 Å². The number of aromatic nitrogens is 2.